The number of aliphatic imine (C=N–C) groups is 1. The zero-order valence-corrected chi connectivity index (χ0v) is 19.5. The summed E-state index contributed by atoms with van der Waals surface area (Å²) in [5, 5.41) is 7.56. The fourth-order valence-corrected chi connectivity index (χ4v) is 3.15. The highest BCUT2D eigenvalue weighted by molar-refractivity contribution is 14.0. The molecule has 3 aromatic rings. The molecule has 0 saturated carbocycles. The molecule has 0 spiro atoms. The van der Waals surface area contributed by atoms with E-state index in [0.29, 0.717) is 26.3 Å². The molecular formula is C22H28FIN4O2. The highest BCUT2D eigenvalue weighted by atomic mass is 127. The number of para-hydroxylation sites is 1. The SMILES string of the molecule is CN=C(NCCOCc1ccccc1OC)NCCc1c[nH]c2cc(F)ccc12.I. The van der Waals surface area contributed by atoms with Gasteiger partial charge in [-0.1, -0.05) is 18.2 Å². The molecule has 0 atom stereocenters. The molecule has 0 radical (unpaired) electrons. The van der Waals surface area contributed by atoms with Crippen LogP contribution in [-0.2, 0) is 17.8 Å². The Balaban J connectivity index is 0.00000320. The van der Waals surface area contributed by atoms with Crippen molar-refractivity contribution in [3.05, 3.63) is 65.6 Å². The second-order valence-electron chi connectivity index (χ2n) is 6.54. The molecule has 0 saturated heterocycles. The minimum atomic E-state index is -0.235. The maximum Gasteiger partial charge on any atom is 0.191 e. The zero-order chi connectivity index (χ0) is 20.5. The van der Waals surface area contributed by atoms with Crippen LogP contribution in [0.2, 0.25) is 0 Å². The lowest BCUT2D eigenvalue weighted by Crippen LogP contribution is -2.39. The third-order valence-corrected chi connectivity index (χ3v) is 4.63. The van der Waals surface area contributed by atoms with Crippen molar-refractivity contribution in [1.29, 1.82) is 0 Å². The van der Waals surface area contributed by atoms with E-state index >= 15 is 0 Å². The molecule has 2 aromatic carbocycles. The number of nitrogens with zero attached hydrogens (tertiary/aromatic N) is 1. The molecule has 0 amide bonds. The Bertz CT molecular complexity index is 961. The quantitative estimate of drug-likeness (QED) is 0.172. The standard InChI is InChI=1S/C22H27FN4O2.HI/c1-24-22(26-11-12-29-15-17-5-3-4-6-21(17)28-2)25-10-9-16-14-27-20-13-18(23)7-8-19(16)20;/h3-8,13-14,27H,9-12,15H2,1-2H3,(H2,24,25,26);1H. The van der Waals surface area contributed by atoms with E-state index in [1.165, 1.54) is 12.1 Å². The number of halogens is 2. The van der Waals surface area contributed by atoms with E-state index < -0.39 is 0 Å². The number of nitrogens with one attached hydrogen (secondary N) is 3. The Morgan fingerprint density at radius 3 is 2.70 bits per heavy atom. The minimum absolute atomic E-state index is 0. The molecule has 0 aliphatic carbocycles. The van der Waals surface area contributed by atoms with Gasteiger partial charge in [0.15, 0.2) is 5.96 Å². The largest absolute Gasteiger partial charge is 0.496 e. The smallest absolute Gasteiger partial charge is 0.191 e. The van der Waals surface area contributed by atoms with E-state index in [2.05, 4.69) is 20.6 Å². The van der Waals surface area contributed by atoms with Gasteiger partial charge in [-0.3, -0.25) is 4.99 Å². The Morgan fingerprint density at radius 1 is 1.10 bits per heavy atom. The summed E-state index contributed by atoms with van der Waals surface area (Å²) in [4.78, 5) is 7.34. The molecule has 0 unspecified atom stereocenters. The van der Waals surface area contributed by atoms with Crippen molar-refractivity contribution >= 4 is 40.8 Å². The topological polar surface area (TPSA) is 70.7 Å². The van der Waals surface area contributed by atoms with E-state index in [-0.39, 0.29) is 29.8 Å². The third kappa shape index (κ3) is 6.60. The van der Waals surface area contributed by atoms with Crippen LogP contribution in [0.15, 0.2) is 53.7 Å². The van der Waals surface area contributed by atoms with Crippen molar-refractivity contribution in [2.24, 2.45) is 4.99 Å². The summed E-state index contributed by atoms with van der Waals surface area (Å²) in [7, 11) is 3.39. The molecule has 3 N–H and O–H groups in total. The molecule has 30 heavy (non-hydrogen) atoms. The molecule has 3 rings (SSSR count). The van der Waals surface area contributed by atoms with Crippen molar-refractivity contribution in [3.63, 3.8) is 0 Å². The molecule has 8 heteroatoms. The van der Waals surface area contributed by atoms with Crippen molar-refractivity contribution in [2.45, 2.75) is 13.0 Å². The van der Waals surface area contributed by atoms with E-state index in [1.54, 1.807) is 14.2 Å². The predicted octanol–water partition coefficient (Wildman–Crippen LogP) is 3.86. The average Bonchev–Trinajstić information content (AvgIpc) is 3.14. The fourth-order valence-electron chi connectivity index (χ4n) is 3.15. The van der Waals surface area contributed by atoms with Gasteiger partial charge in [-0.2, -0.15) is 0 Å². The van der Waals surface area contributed by atoms with Gasteiger partial charge in [-0.15, -0.1) is 24.0 Å². The summed E-state index contributed by atoms with van der Waals surface area (Å²) in [6.07, 6.45) is 2.73. The third-order valence-electron chi connectivity index (χ3n) is 4.63. The fraction of sp³-hybridized carbons (Fsp3) is 0.318. The maximum atomic E-state index is 13.3. The number of fused-ring (bicyclic) bond motifs is 1. The monoisotopic (exact) mass is 526 g/mol. The minimum Gasteiger partial charge on any atom is -0.496 e. The van der Waals surface area contributed by atoms with E-state index in [0.717, 1.165) is 40.2 Å². The van der Waals surface area contributed by atoms with Crippen molar-refractivity contribution in [3.8, 4) is 5.75 Å². The highest BCUT2D eigenvalue weighted by Gasteiger charge is 2.05. The number of rotatable bonds is 9. The normalized spacial score (nSPS) is 11.2. The first kappa shape index (κ1) is 23.9. The summed E-state index contributed by atoms with van der Waals surface area (Å²) in [5.74, 6) is 1.32. The van der Waals surface area contributed by atoms with E-state index in [9.17, 15) is 4.39 Å². The molecule has 162 valence electrons. The molecular weight excluding hydrogens is 498 g/mol. The Labute approximate surface area is 193 Å². The number of guanidine groups is 1. The first-order valence-corrected chi connectivity index (χ1v) is 9.61. The number of hydrogen-bond acceptors (Lipinski definition) is 3. The van der Waals surface area contributed by atoms with E-state index in [1.807, 2.05) is 36.5 Å². The predicted molar refractivity (Wildman–Crippen MR) is 129 cm³/mol. The van der Waals surface area contributed by atoms with Gasteiger partial charge in [0.1, 0.15) is 11.6 Å². The first-order chi connectivity index (χ1) is 14.2. The molecule has 0 bridgehead atoms. The Morgan fingerprint density at radius 2 is 1.90 bits per heavy atom. The van der Waals surface area contributed by atoms with Gasteiger partial charge in [0.05, 0.1) is 20.3 Å². The summed E-state index contributed by atoms with van der Waals surface area (Å²) in [6.45, 7) is 2.40. The first-order valence-electron chi connectivity index (χ1n) is 9.61. The van der Waals surface area contributed by atoms with Gasteiger partial charge in [-0.25, -0.2) is 4.39 Å². The zero-order valence-electron chi connectivity index (χ0n) is 17.2. The lowest BCUT2D eigenvalue weighted by atomic mass is 10.1. The van der Waals surface area contributed by atoms with Crippen LogP contribution in [0.5, 0.6) is 5.75 Å². The second-order valence-corrected chi connectivity index (χ2v) is 6.54. The molecule has 0 fully saturated rings. The van der Waals surface area contributed by atoms with Gasteiger partial charge in [0.2, 0.25) is 0 Å². The molecule has 1 aromatic heterocycles. The maximum absolute atomic E-state index is 13.3. The van der Waals surface area contributed by atoms with Crippen LogP contribution in [0.4, 0.5) is 4.39 Å². The number of hydrogen-bond donors (Lipinski definition) is 3. The molecule has 0 aliphatic heterocycles. The average molecular weight is 526 g/mol. The number of benzene rings is 2. The van der Waals surface area contributed by atoms with Crippen LogP contribution in [0, 0.1) is 5.82 Å². The summed E-state index contributed by atoms with van der Waals surface area (Å²) < 4.78 is 24.3. The lowest BCUT2D eigenvalue weighted by Gasteiger charge is -2.12. The van der Waals surface area contributed by atoms with Crippen LogP contribution < -0.4 is 15.4 Å². The van der Waals surface area contributed by atoms with Gasteiger partial charge in [0, 0.05) is 42.8 Å². The lowest BCUT2D eigenvalue weighted by molar-refractivity contribution is 0.123. The summed E-state index contributed by atoms with van der Waals surface area (Å²) >= 11 is 0. The van der Waals surface area contributed by atoms with Crippen molar-refractivity contribution in [2.75, 3.05) is 33.9 Å². The molecule has 0 aliphatic rings. The summed E-state index contributed by atoms with van der Waals surface area (Å²) in [6, 6.07) is 12.6. The number of ether oxygens (including phenoxy) is 2. The van der Waals surface area contributed by atoms with Gasteiger partial charge >= 0.3 is 0 Å². The van der Waals surface area contributed by atoms with Crippen LogP contribution in [0.1, 0.15) is 11.1 Å². The Hall–Kier alpha value is -2.33. The highest BCUT2D eigenvalue weighted by Crippen LogP contribution is 2.19. The van der Waals surface area contributed by atoms with Gasteiger partial charge < -0.3 is 25.1 Å². The van der Waals surface area contributed by atoms with Gasteiger partial charge in [-0.05, 0) is 36.2 Å². The number of aromatic nitrogens is 1. The van der Waals surface area contributed by atoms with Crippen LogP contribution in [0.25, 0.3) is 10.9 Å². The van der Waals surface area contributed by atoms with Crippen molar-refractivity contribution < 1.29 is 13.9 Å². The number of methoxy groups -OCH3 is 1. The second kappa shape index (κ2) is 12.4. The van der Waals surface area contributed by atoms with Crippen LogP contribution in [0.3, 0.4) is 0 Å². The summed E-state index contributed by atoms with van der Waals surface area (Å²) in [5.41, 5.74) is 2.98. The molecule has 6 nitrogen and oxygen atoms in total. The number of H-pyrrole nitrogens is 1. The number of aromatic amines is 1. The van der Waals surface area contributed by atoms with Crippen LogP contribution in [-0.4, -0.2) is 44.8 Å². The molecule has 1 heterocycles. The van der Waals surface area contributed by atoms with Crippen molar-refractivity contribution in [1.82, 2.24) is 15.6 Å². The van der Waals surface area contributed by atoms with Gasteiger partial charge in [0.25, 0.3) is 0 Å². The Kier molecular flexibility index (Phi) is 9.88. The van der Waals surface area contributed by atoms with E-state index in [4.69, 9.17) is 9.47 Å². The van der Waals surface area contributed by atoms with Crippen LogP contribution >= 0.6 is 24.0 Å².